The highest BCUT2D eigenvalue weighted by molar-refractivity contribution is 4.84. The quantitative estimate of drug-likeness (QED) is 0.847. The maximum atomic E-state index is 10.3. The minimum Gasteiger partial charge on any atom is -0.389 e. The van der Waals surface area contributed by atoms with E-state index in [2.05, 4.69) is 39.5 Å². The number of aliphatic hydroxyl groups excluding tert-OH is 1. The van der Waals surface area contributed by atoms with Crippen molar-refractivity contribution in [3.63, 3.8) is 0 Å². The van der Waals surface area contributed by atoms with Gasteiger partial charge in [-0.1, -0.05) is 20.8 Å². The molecule has 0 unspecified atom stereocenters. The lowest BCUT2D eigenvalue weighted by molar-refractivity contribution is -0.0928. The largest absolute Gasteiger partial charge is 0.389 e. The van der Waals surface area contributed by atoms with Crippen LogP contribution in [0.3, 0.4) is 0 Å². The van der Waals surface area contributed by atoms with Gasteiger partial charge in [0.1, 0.15) is 0 Å². The molecule has 130 valence electrons. The van der Waals surface area contributed by atoms with Crippen LogP contribution in [0.1, 0.15) is 53.9 Å². The first kappa shape index (κ1) is 18.2. The predicted octanol–water partition coefficient (Wildman–Crippen LogP) is 2.69. The number of hydrogen-bond acceptors (Lipinski definition) is 4. The second-order valence-electron chi connectivity index (χ2n) is 8.50. The molecule has 1 aliphatic heterocycles. The summed E-state index contributed by atoms with van der Waals surface area (Å²) in [4.78, 5) is 2.29. The van der Waals surface area contributed by atoms with Crippen molar-refractivity contribution in [1.29, 1.82) is 0 Å². The molecule has 1 saturated heterocycles. The van der Waals surface area contributed by atoms with Gasteiger partial charge in [-0.05, 0) is 44.4 Å². The average molecular weight is 313 g/mol. The maximum Gasteiger partial charge on any atom is 0.0900 e. The van der Waals surface area contributed by atoms with Crippen molar-refractivity contribution in [3.8, 4) is 0 Å². The zero-order valence-electron chi connectivity index (χ0n) is 15.0. The molecule has 1 saturated carbocycles. The minimum atomic E-state index is -0.405. The third-order valence-electron chi connectivity index (χ3n) is 4.84. The molecule has 1 heterocycles. The van der Waals surface area contributed by atoms with Crippen LogP contribution >= 0.6 is 0 Å². The third kappa shape index (κ3) is 5.80. The molecule has 4 nitrogen and oxygen atoms in total. The van der Waals surface area contributed by atoms with Crippen LogP contribution in [0.5, 0.6) is 0 Å². The van der Waals surface area contributed by atoms with Crippen molar-refractivity contribution in [1.82, 2.24) is 4.90 Å². The van der Waals surface area contributed by atoms with Gasteiger partial charge in [-0.2, -0.15) is 0 Å². The number of nitrogens with zero attached hydrogens (tertiary/aromatic N) is 1. The third-order valence-corrected chi connectivity index (χ3v) is 4.84. The molecule has 2 rings (SSSR count). The average Bonchev–Trinajstić information content (AvgIpc) is 2.32. The Hall–Kier alpha value is -0.160. The van der Waals surface area contributed by atoms with Crippen molar-refractivity contribution < 1.29 is 14.6 Å². The van der Waals surface area contributed by atoms with Crippen LogP contribution in [0, 0.1) is 11.3 Å². The van der Waals surface area contributed by atoms with Gasteiger partial charge in [0.25, 0.3) is 0 Å². The lowest BCUT2D eigenvalue weighted by atomic mass is 9.71. The summed E-state index contributed by atoms with van der Waals surface area (Å²) in [6.45, 7) is 14.1. The summed E-state index contributed by atoms with van der Waals surface area (Å²) in [5.74, 6) is 0.715. The zero-order valence-corrected chi connectivity index (χ0v) is 15.0. The molecule has 1 aliphatic carbocycles. The Morgan fingerprint density at radius 1 is 1.18 bits per heavy atom. The molecular weight excluding hydrogens is 278 g/mol. The number of aliphatic hydroxyl groups is 1. The van der Waals surface area contributed by atoms with Crippen LogP contribution in [0.15, 0.2) is 0 Å². The standard InChI is InChI=1S/C18H35NO3/c1-13-6-17(8-18(4,5)7-13)21-12-16(20)11-19-9-14(2)22-15(3)10-19/h13-17,20H,6-12H2,1-5H3/t13-,14-,15+,16+,17+/m0/s1. The van der Waals surface area contributed by atoms with Crippen molar-refractivity contribution in [2.24, 2.45) is 11.3 Å². The van der Waals surface area contributed by atoms with E-state index in [1.807, 2.05) is 0 Å². The molecule has 0 bridgehead atoms. The van der Waals surface area contributed by atoms with Crippen molar-refractivity contribution >= 4 is 0 Å². The van der Waals surface area contributed by atoms with E-state index in [-0.39, 0.29) is 12.2 Å². The highest BCUT2D eigenvalue weighted by Gasteiger charge is 2.33. The fraction of sp³-hybridized carbons (Fsp3) is 1.00. The Balaban J connectivity index is 1.72. The molecule has 0 amide bonds. The Kier molecular flexibility index (Phi) is 6.29. The molecule has 0 aromatic rings. The van der Waals surface area contributed by atoms with Crippen LogP contribution in [-0.4, -0.2) is 60.7 Å². The van der Waals surface area contributed by atoms with E-state index in [1.165, 1.54) is 6.42 Å². The van der Waals surface area contributed by atoms with Crippen LogP contribution in [0.25, 0.3) is 0 Å². The molecule has 0 radical (unpaired) electrons. The molecule has 0 aromatic carbocycles. The van der Waals surface area contributed by atoms with Crippen molar-refractivity contribution in [2.75, 3.05) is 26.2 Å². The van der Waals surface area contributed by atoms with Crippen molar-refractivity contribution in [2.45, 2.75) is 78.3 Å². The molecule has 0 aromatic heterocycles. The predicted molar refractivity (Wildman–Crippen MR) is 89.0 cm³/mol. The number of ether oxygens (including phenoxy) is 2. The second kappa shape index (κ2) is 7.61. The summed E-state index contributed by atoms with van der Waals surface area (Å²) in [6, 6.07) is 0. The zero-order chi connectivity index (χ0) is 16.3. The number of hydrogen-bond donors (Lipinski definition) is 1. The highest BCUT2D eigenvalue weighted by atomic mass is 16.5. The SMILES string of the molecule is C[C@H]1C[C@@H](OC[C@H](O)CN2C[C@@H](C)O[C@@H](C)C2)CC(C)(C)C1. The monoisotopic (exact) mass is 313 g/mol. The van der Waals surface area contributed by atoms with Gasteiger partial charge >= 0.3 is 0 Å². The smallest absolute Gasteiger partial charge is 0.0900 e. The Morgan fingerprint density at radius 2 is 1.82 bits per heavy atom. The summed E-state index contributed by atoms with van der Waals surface area (Å²) in [6.07, 6.45) is 3.90. The summed E-state index contributed by atoms with van der Waals surface area (Å²) < 4.78 is 11.8. The van der Waals surface area contributed by atoms with E-state index in [0.717, 1.165) is 25.9 Å². The maximum absolute atomic E-state index is 10.3. The molecular formula is C18H35NO3. The number of β-amino-alcohol motifs (C(OH)–C–C–N with tert-alkyl or cyclic N) is 1. The van der Waals surface area contributed by atoms with Gasteiger partial charge in [-0.25, -0.2) is 0 Å². The Morgan fingerprint density at radius 3 is 2.41 bits per heavy atom. The van der Waals surface area contributed by atoms with E-state index >= 15 is 0 Å². The van der Waals surface area contributed by atoms with Crippen LogP contribution in [0.2, 0.25) is 0 Å². The van der Waals surface area contributed by atoms with Crippen LogP contribution in [-0.2, 0) is 9.47 Å². The molecule has 1 N–H and O–H groups in total. The minimum absolute atomic E-state index is 0.247. The van der Waals surface area contributed by atoms with Gasteiger partial charge in [0.05, 0.1) is 31.0 Å². The van der Waals surface area contributed by atoms with E-state index < -0.39 is 6.10 Å². The van der Waals surface area contributed by atoms with Crippen LogP contribution in [0.4, 0.5) is 0 Å². The van der Waals surface area contributed by atoms with E-state index in [0.29, 0.717) is 30.6 Å². The topological polar surface area (TPSA) is 41.9 Å². The fourth-order valence-corrected chi connectivity index (χ4v) is 4.42. The molecule has 22 heavy (non-hydrogen) atoms. The lowest BCUT2D eigenvalue weighted by Crippen LogP contribution is -2.48. The molecule has 2 fully saturated rings. The summed E-state index contributed by atoms with van der Waals surface area (Å²) in [5.41, 5.74) is 0.363. The molecule has 0 spiro atoms. The first-order valence-electron chi connectivity index (χ1n) is 8.91. The fourth-order valence-electron chi connectivity index (χ4n) is 4.42. The highest BCUT2D eigenvalue weighted by Crippen LogP contribution is 2.39. The van der Waals surface area contributed by atoms with Gasteiger partial charge in [-0.3, -0.25) is 4.90 Å². The molecule has 5 atom stereocenters. The Labute approximate surface area is 136 Å². The lowest BCUT2D eigenvalue weighted by Gasteiger charge is -2.39. The number of morpholine rings is 1. The van der Waals surface area contributed by atoms with Gasteiger partial charge in [0.15, 0.2) is 0 Å². The van der Waals surface area contributed by atoms with Crippen LogP contribution < -0.4 is 0 Å². The summed E-state index contributed by atoms with van der Waals surface area (Å²) in [7, 11) is 0. The van der Waals surface area contributed by atoms with Gasteiger partial charge in [0, 0.05) is 19.6 Å². The Bertz CT molecular complexity index is 337. The molecule has 4 heteroatoms. The molecule has 2 aliphatic rings. The van der Waals surface area contributed by atoms with Gasteiger partial charge in [0.2, 0.25) is 0 Å². The summed E-state index contributed by atoms with van der Waals surface area (Å²) >= 11 is 0. The summed E-state index contributed by atoms with van der Waals surface area (Å²) in [5, 5.41) is 10.3. The van der Waals surface area contributed by atoms with Gasteiger partial charge < -0.3 is 14.6 Å². The van der Waals surface area contributed by atoms with Gasteiger partial charge in [-0.15, -0.1) is 0 Å². The van der Waals surface area contributed by atoms with E-state index in [9.17, 15) is 5.11 Å². The first-order valence-corrected chi connectivity index (χ1v) is 8.91. The number of rotatable bonds is 5. The first-order chi connectivity index (χ1) is 10.2. The van der Waals surface area contributed by atoms with E-state index in [1.54, 1.807) is 0 Å². The van der Waals surface area contributed by atoms with Crippen molar-refractivity contribution in [3.05, 3.63) is 0 Å². The van der Waals surface area contributed by atoms with E-state index in [4.69, 9.17) is 9.47 Å². The normalized spacial score (nSPS) is 37.9. The second-order valence-corrected chi connectivity index (χ2v) is 8.50.